The molecular formula is C16H19NO2S. The van der Waals surface area contributed by atoms with Gasteiger partial charge in [0.25, 0.3) is 0 Å². The van der Waals surface area contributed by atoms with Crippen LogP contribution in [0.25, 0.3) is 0 Å². The molecule has 0 unspecified atom stereocenters. The summed E-state index contributed by atoms with van der Waals surface area (Å²) < 4.78 is 26.5. The lowest BCUT2D eigenvalue weighted by molar-refractivity contribution is 0.581. The zero-order valence-corrected chi connectivity index (χ0v) is 12.4. The molecule has 2 aromatic carbocycles. The molecule has 0 amide bonds. The summed E-state index contributed by atoms with van der Waals surface area (Å²) in [4.78, 5) is 0. The van der Waals surface area contributed by atoms with Crippen LogP contribution in [0.3, 0.4) is 0 Å². The quantitative estimate of drug-likeness (QED) is 0.888. The van der Waals surface area contributed by atoms with Crippen molar-refractivity contribution in [2.45, 2.75) is 19.1 Å². The number of hydrogen-bond donors (Lipinski definition) is 1. The van der Waals surface area contributed by atoms with Crippen molar-refractivity contribution < 1.29 is 8.42 Å². The van der Waals surface area contributed by atoms with Gasteiger partial charge in [-0.1, -0.05) is 60.2 Å². The molecule has 106 valence electrons. The Morgan fingerprint density at radius 1 is 0.900 bits per heavy atom. The third-order valence-electron chi connectivity index (χ3n) is 3.06. The Morgan fingerprint density at radius 2 is 1.55 bits per heavy atom. The minimum atomic E-state index is -3.26. The van der Waals surface area contributed by atoms with Crippen molar-refractivity contribution in [3.63, 3.8) is 0 Å². The van der Waals surface area contributed by atoms with E-state index in [0.29, 0.717) is 13.0 Å². The first-order valence-corrected chi connectivity index (χ1v) is 8.27. The number of nitrogens with one attached hydrogen (secondary N) is 1. The van der Waals surface area contributed by atoms with Gasteiger partial charge in [-0.3, -0.25) is 0 Å². The molecule has 2 aromatic rings. The number of benzene rings is 2. The lowest BCUT2D eigenvalue weighted by atomic mass is 10.1. The van der Waals surface area contributed by atoms with Gasteiger partial charge in [0, 0.05) is 6.54 Å². The van der Waals surface area contributed by atoms with Crippen molar-refractivity contribution in [3.05, 3.63) is 71.3 Å². The Hall–Kier alpha value is -1.65. The highest BCUT2D eigenvalue weighted by molar-refractivity contribution is 7.88. The summed E-state index contributed by atoms with van der Waals surface area (Å²) in [5.74, 6) is 0.0295. The zero-order valence-electron chi connectivity index (χ0n) is 11.5. The maximum atomic E-state index is 11.9. The second-order valence-corrected chi connectivity index (χ2v) is 6.68. The fourth-order valence-corrected chi connectivity index (χ4v) is 3.10. The highest BCUT2D eigenvalue weighted by Gasteiger charge is 2.10. The van der Waals surface area contributed by atoms with Gasteiger partial charge in [0.2, 0.25) is 10.0 Å². The third kappa shape index (κ3) is 4.79. The van der Waals surface area contributed by atoms with E-state index in [1.165, 1.54) is 5.56 Å². The summed E-state index contributed by atoms with van der Waals surface area (Å²) in [6.45, 7) is 2.46. The fourth-order valence-electron chi connectivity index (χ4n) is 1.95. The van der Waals surface area contributed by atoms with Crippen LogP contribution in [0.15, 0.2) is 54.6 Å². The van der Waals surface area contributed by atoms with E-state index in [2.05, 4.69) is 4.72 Å². The normalized spacial score (nSPS) is 11.4. The van der Waals surface area contributed by atoms with E-state index >= 15 is 0 Å². The largest absolute Gasteiger partial charge is 0.215 e. The summed E-state index contributed by atoms with van der Waals surface area (Å²) in [6.07, 6.45) is 0.703. The summed E-state index contributed by atoms with van der Waals surface area (Å²) in [6, 6.07) is 17.3. The monoisotopic (exact) mass is 289 g/mol. The van der Waals surface area contributed by atoms with Gasteiger partial charge in [0.05, 0.1) is 5.75 Å². The van der Waals surface area contributed by atoms with Crippen molar-refractivity contribution in [1.82, 2.24) is 4.72 Å². The molecular weight excluding hydrogens is 270 g/mol. The lowest BCUT2D eigenvalue weighted by Gasteiger charge is -2.07. The smallest absolute Gasteiger partial charge is 0.215 e. The molecule has 0 aliphatic rings. The van der Waals surface area contributed by atoms with E-state index in [1.807, 2.05) is 61.5 Å². The van der Waals surface area contributed by atoms with Crippen LogP contribution in [0.4, 0.5) is 0 Å². The first kappa shape index (κ1) is 14.8. The molecule has 0 aliphatic heterocycles. The van der Waals surface area contributed by atoms with Crippen LogP contribution in [0.1, 0.15) is 16.7 Å². The highest BCUT2D eigenvalue weighted by atomic mass is 32.2. The van der Waals surface area contributed by atoms with Crippen molar-refractivity contribution in [2.75, 3.05) is 6.54 Å². The number of aryl methyl sites for hydroxylation is 1. The van der Waals surface area contributed by atoms with Crippen LogP contribution in [-0.2, 0) is 22.2 Å². The second kappa shape index (κ2) is 6.68. The molecule has 0 spiro atoms. The van der Waals surface area contributed by atoms with Crippen LogP contribution < -0.4 is 4.72 Å². The van der Waals surface area contributed by atoms with E-state index in [4.69, 9.17) is 0 Å². The van der Waals surface area contributed by atoms with Crippen LogP contribution in [0, 0.1) is 6.92 Å². The molecule has 4 heteroatoms. The van der Waals surface area contributed by atoms with Crippen LogP contribution >= 0.6 is 0 Å². The maximum absolute atomic E-state index is 11.9. The van der Waals surface area contributed by atoms with Crippen molar-refractivity contribution in [2.24, 2.45) is 0 Å². The molecule has 3 nitrogen and oxygen atoms in total. The average molecular weight is 289 g/mol. The van der Waals surface area contributed by atoms with E-state index < -0.39 is 10.0 Å². The molecule has 0 radical (unpaired) electrons. The summed E-state index contributed by atoms with van der Waals surface area (Å²) in [7, 11) is -3.26. The maximum Gasteiger partial charge on any atom is 0.215 e. The van der Waals surface area contributed by atoms with Crippen molar-refractivity contribution >= 4 is 10.0 Å². The molecule has 0 saturated heterocycles. The zero-order chi connectivity index (χ0) is 14.4. The lowest BCUT2D eigenvalue weighted by Crippen LogP contribution is -2.27. The number of rotatable bonds is 6. The number of hydrogen-bond acceptors (Lipinski definition) is 2. The first-order valence-electron chi connectivity index (χ1n) is 6.62. The van der Waals surface area contributed by atoms with Gasteiger partial charge in [-0.2, -0.15) is 0 Å². The van der Waals surface area contributed by atoms with Gasteiger partial charge in [-0.05, 0) is 24.5 Å². The Balaban J connectivity index is 1.85. The Bertz CT molecular complexity index is 634. The van der Waals surface area contributed by atoms with Gasteiger partial charge in [0.15, 0.2) is 0 Å². The van der Waals surface area contributed by atoms with Gasteiger partial charge >= 0.3 is 0 Å². The molecule has 0 aromatic heterocycles. The second-order valence-electron chi connectivity index (χ2n) is 4.87. The molecule has 0 aliphatic carbocycles. The van der Waals surface area contributed by atoms with Crippen LogP contribution in [-0.4, -0.2) is 15.0 Å². The predicted molar refractivity (Wildman–Crippen MR) is 82.0 cm³/mol. The SMILES string of the molecule is Cc1ccc(CCNS(=O)(=O)Cc2ccccc2)cc1. The van der Waals surface area contributed by atoms with E-state index in [-0.39, 0.29) is 5.75 Å². The standard InChI is InChI=1S/C16H19NO2S/c1-14-7-9-15(10-8-14)11-12-17-20(18,19)13-16-5-3-2-4-6-16/h2-10,17H,11-13H2,1H3. The molecule has 0 saturated carbocycles. The molecule has 20 heavy (non-hydrogen) atoms. The minimum Gasteiger partial charge on any atom is -0.215 e. The van der Waals surface area contributed by atoms with E-state index in [0.717, 1.165) is 11.1 Å². The van der Waals surface area contributed by atoms with Crippen LogP contribution in [0.2, 0.25) is 0 Å². The molecule has 0 bridgehead atoms. The Labute approximate surface area is 120 Å². The fraction of sp³-hybridized carbons (Fsp3) is 0.250. The van der Waals surface area contributed by atoms with Crippen molar-refractivity contribution in [1.29, 1.82) is 0 Å². The summed E-state index contributed by atoms with van der Waals surface area (Å²) in [5.41, 5.74) is 3.15. The topological polar surface area (TPSA) is 46.2 Å². The molecule has 1 N–H and O–H groups in total. The molecule has 0 fully saturated rings. The van der Waals surface area contributed by atoms with Gasteiger partial charge < -0.3 is 0 Å². The Kier molecular flexibility index (Phi) is 4.93. The van der Waals surface area contributed by atoms with E-state index in [9.17, 15) is 8.42 Å². The van der Waals surface area contributed by atoms with Crippen LogP contribution in [0.5, 0.6) is 0 Å². The van der Waals surface area contributed by atoms with Crippen molar-refractivity contribution in [3.8, 4) is 0 Å². The summed E-state index contributed by atoms with van der Waals surface area (Å²) >= 11 is 0. The predicted octanol–water partition coefficient (Wildman–Crippen LogP) is 2.66. The van der Waals surface area contributed by atoms with E-state index in [1.54, 1.807) is 0 Å². The molecule has 0 heterocycles. The Morgan fingerprint density at radius 3 is 2.20 bits per heavy atom. The minimum absolute atomic E-state index is 0.0295. The average Bonchev–Trinajstić information content (AvgIpc) is 2.41. The van der Waals surface area contributed by atoms with Gasteiger partial charge in [-0.15, -0.1) is 0 Å². The molecule has 0 atom stereocenters. The van der Waals surface area contributed by atoms with Gasteiger partial charge in [0.1, 0.15) is 0 Å². The number of sulfonamides is 1. The third-order valence-corrected chi connectivity index (χ3v) is 4.41. The highest BCUT2D eigenvalue weighted by Crippen LogP contribution is 2.06. The van der Waals surface area contributed by atoms with Gasteiger partial charge in [-0.25, -0.2) is 13.1 Å². The summed E-state index contributed by atoms with van der Waals surface area (Å²) in [5, 5.41) is 0. The molecule has 2 rings (SSSR count). The first-order chi connectivity index (χ1) is 9.55.